The van der Waals surface area contributed by atoms with E-state index in [1.54, 1.807) is 19.0 Å². The second-order valence-corrected chi connectivity index (χ2v) is 6.32. The topological polar surface area (TPSA) is 141 Å². The molecule has 10 nitrogen and oxygen atoms in total. The van der Waals surface area contributed by atoms with Crippen molar-refractivity contribution in [2.24, 2.45) is 5.92 Å². The predicted octanol–water partition coefficient (Wildman–Crippen LogP) is -3.70. The van der Waals surface area contributed by atoms with E-state index in [-0.39, 0.29) is 49.0 Å². The van der Waals surface area contributed by atoms with Crippen molar-refractivity contribution in [3.63, 3.8) is 0 Å². The zero-order valence-electron chi connectivity index (χ0n) is 14.8. The van der Waals surface area contributed by atoms with Crippen molar-refractivity contribution in [1.82, 2.24) is 25.7 Å². The highest BCUT2D eigenvalue weighted by molar-refractivity contribution is 5.80. The van der Waals surface area contributed by atoms with Crippen molar-refractivity contribution in [2.75, 3.05) is 33.8 Å². The lowest BCUT2D eigenvalue weighted by Crippen LogP contribution is -3.00. The molecule has 1 aliphatic rings. The highest BCUT2D eigenvalue weighted by Crippen LogP contribution is 2.22. The van der Waals surface area contributed by atoms with Crippen molar-refractivity contribution < 1.29 is 36.6 Å². The lowest BCUT2D eigenvalue weighted by atomic mass is 9.96. The summed E-state index contributed by atoms with van der Waals surface area (Å²) < 4.78 is 5.53. The largest absolute Gasteiger partial charge is 1.00 e. The van der Waals surface area contributed by atoms with Crippen LogP contribution in [0.3, 0.4) is 0 Å². The number of aliphatic hydroxyl groups is 1. The van der Waals surface area contributed by atoms with Crippen molar-refractivity contribution in [2.45, 2.75) is 31.3 Å². The minimum absolute atomic E-state index is 0. The maximum Gasteiger partial charge on any atom is 0.305 e. The molecule has 1 aromatic heterocycles. The number of aromatic nitrogens is 2. The molecule has 1 fully saturated rings. The SMILES string of the molecule is CN(C)C(CO)c1nnc(C(CC(=O)O)NC(=O)C2CCNCC2)o1.[Cl-]. The van der Waals surface area contributed by atoms with Gasteiger partial charge >= 0.3 is 5.97 Å². The molecule has 1 amide bonds. The monoisotopic (exact) mass is 390 g/mol. The number of hydrogen-bond acceptors (Lipinski definition) is 8. The minimum atomic E-state index is -1.08. The number of aliphatic hydroxyl groups excluding tert-OH is 1. The molecule has 4 N–H and O–H groups in total. The average Bonchev–Trinajstić information content (AvgIpc) is 3.04. The fraction of sp³-hybridized carbons (Fsp3) is 0.733. The van der Waals surface area contributed by atoms with Gasteiger partial charge in [0.15, 0.2) is 0 Å². The Morgan fingerprint density at radius 3 is 2.46 bits per heavy atom. The van der Waals surface area contributed by atoms with E-state index in [1.165, 1.54) is 0 Å². The Labute approximate surface area is 157 Å². The first-order valence-corrected chi connectivity index (χ1v) is 8.25. The van der Waals surface area contributed by atoms with Crippen LogP contribution in [0.2, 0.25) is 0 Å². The van der Waals surface area contributed by atoms with Gasteiger partial charge in [0, 0.05) is 5.92 Å². The van der Waals surface area contributed by atoms with Gasteiger partial charge in [-0.1, -0.05) is 0 Å². The van der Waals surface area contributed by atoms with Crippen molar-refractivity contribution >= 4 is 11.9 Å². The normalized spacial score (nSPS) is 17.4. The van der Waals surface area contributed by atoms with Gasteiger partial charge in [0.05, 0.1) is 13.0 Å². The summed E-state index contributed by atoms with van der Waals surface area (Å²) in [5.41, 5.74) is 0. The number of carbonyl (C=O) groups excluding carboxylic acids is 1. The number of aliphatic carboxylic acids is 1. The number of likely N-dealkylation sites (N-methyl/N-ethyl adjacent to an activating group) is 1. The third-order valence-electron chi connectivity index (χ3n) is 4.24. The van der Waals surface area contributed by atoms with E-state index >= 15 is 0 Å². The van der Waals surface area contributed by atoms with Gasteiger partial charge in [-0.2, -0.15) is 0 Å². The summed E-state index contributed by atoms with van der Waals surface area (Å²) in [6.07, 6.45) is 1.05. The zero-order valence-corrected chi connectivity index (χ0v) is 15.6. The van der Waals surface area contributed by atoms with Gasteiger partial charge in [0.25, 0.3) is 0 Å². The maximum atomic E-state index is 12.4. The molecule has 11 heteroatoms. The van der Waals surface area contributed by atoms with Gasteiger partial charge in [-0.05, 0) is 40.0 Å². The number of carboxylic acid groups (broad SMARTS) is 1. The van der Waals surface area contributed by atoms with E-state index in [0.717, 1.165) is 13.1 Å². The van der Waals surface area contributed by atoms with Crippen LogP contribution in [0.25, 0.3) is 0 Å². The van der Waals surface area contributed by atoms with E-state index in [9.17, 15) is 14.7 Å². The number of piperidine rings is 1. The number of nitrogens with one attached hydrogen (secondary N) is 2. The molecular weight excluding hydrogens is 366 g/mol. The molecule has 148 valence electrons. The van der Waals surface area contributed by atoms with Crippen LogP contribution < -0.4 is 23.0 Å². The molecule has 1 aromatic rings. The van der Waals surface area contributed by atoms with Gasteiger partial charge in [-0.3, -0.25) is 14.5 Å². The molecule has 1 aliphatic heterocycles. The quantitative estimate of drug-likeness (QED) is 0.353. The lowest BCUT2D eigenvalue weighted by molar-refractivity contribution is -0.138. The highest BCUT2D eigenvalue weighted by atomic mass is 35.5. The molecule has 0 aliphatic carbocycles. The van der Waals surface area contributed by atoms with Gasteiger partial charge < -0.3 is 37.7 Å². The Bertz CT molecular complexity index is 591. The summed E-state index contributed by atoms with van der Waals surface area (Å²) >= 11 is 0. The molecule has 26 heavy (non-hydrogen) atoms. The van der Waals surface area contributed by atoms with Crippen LogP contribution in [0.5, 0.6) is 0 Å². The van der Waals surface area contributed by atoms with Gasteiger partial charge in [-0.25, -0.2) is 0 Å². The first kappa shape index (κ1) is 22.3. The molecule has 1 saturated heterocycles. The molecule has 0 aromatic carbocycles. The molecule has 2 heterocycles. The molecule has 2 atom stereocenters. The molecule has 2 unspecified atom stereocenters. The van der Waals surface area contributed by atoms with E-state index in [2.05, 4.69) is 20.8 Å². The van der Waals surface area contributed by atoms with Crippen LogP contribution in [-0.2, 0) is 9.59 Å². The molecule has 0 radical (unpaired) electrons. The van der Waals surface area contributed by atoms with Crippen LogP contribution in [0.15, 0.2) is 4.42 Å². The molecule has 0 saturated carbocycles. The van der Waals surface area contributed by atoms with Crippen LogP contribution in [0, 0.1) is 5.92 Å². The Morgan fingerprint density at radius 1 is 1.31 bits per heavy atom. The Morgan fingerprint density at radius 2 is 1.92 bits per heavy atom. The van der Waals surface area contributed by atoms with Crippen LogP contribution in [0.4, 0.5) is 0 Å². The second kappa shape index (κ2) is 10.4. The molecule has 0 spiro atoms. The van der Waals surface area contributed by atoms with E-state index in [4.69, 9.17) is 9.52 Å². The first-order valence-electron chi connectivity index (χ1n) is 8.25. The predicted molar refractivity (Wildman–Crippen MR) is 86.5 cm³/mol. The number of halogens is 1. The third kappa shape index (κ3) is 5.90. The Balaban J connectivity index is 0.00000338. The summed E-state index contributed by atoms with van der Waals surface area (Å²) in [6.45, 7) is 1.29. The van der Waals surface area contributed by atoms with Crippen molar-refractivity contribution in [3.05, 3.63) is 11.8 Å². The second-order valence-electron chi connectivity index (χ2n) is 6.32. The van der Waals surface area contributed by atoms with Crippen LogP contribution in [-0.4, -0.2) is 71.0 Å². The number of hydrogen-bond donors (Lipinski definition) is 4. The minimum Gasteiger partial charge on any atom is -1.00 e. The van der Waals surface area contributed by atoms with Gasteiger partial charge in [0.2, 0.25) is 17.7 Å². The fourth-order valence-corrected chi connectivity index (χ4v) is 2.73. The fourth-order valence-electron chi connectivity index (χ4n) is 2.73. The number of nitrogens with zero attached hydrogens (tertiary/aromatic N) is 3. The van der Waals surface area contributed by atoms with Crippen LogP contribution >= 0.6 is 0 Å². The highest BCUT2D eigenvalue weighted by Gasteiger charge is 2.29. The summed E-state index contributed by atoms with van der Waals surface area (Å²) in [6, 6.07) is -1.39. The zero-order chi connectivity index (χ0) is 18.4. The number of amides is 1. The van der Waals surface area contributed by atoms with E-state index < -0.39 is 18.1 Å². The van der Waals surface area contributed by atoms with Crippen LogP contribution in [0.1, 0.15) is 43.1 Å². The average molecular weight is 391 g/mol. The Hall–Kier alpha value is -1.75. The van der Waals surface area contributed by atoms with Gasteiger partial charge in [0.1, 0.15) is 12.1 Å². The standard InChI is InChI=1S/C15H25N5O5.ClH/c1-20(2)11(8-21)15-19-18-14(25-15)10(7-12(22)23)17-13(24)9-3-5-16-6-4-9;/h9-11,16,21H,3-8H2,1-2H3,(H,17,24)(H,22,23);1H/p-1. The molecular formula is C15H25ClN5O5-. The molecule has 0 bridgehead atoms. The lowest BCUT2D eigenvalue weighted by Gasteiger charge is -2.23. The number of carboxylic acids is 1. The summed E-state index contributed by atoms with van der Waals surface area (Å²) in [5.74, 6) is -1.25. The van der Waals surface area contributed by atoms with Gasteiger partial charge in [-0.15, -0.1) is 10.2 Å². The van der Waals surface area contributed by atoms with E-state index in [1.807, 2.05) is 0 Å². The Kier molecular flexibility index (Phi) is 8.93. The summed E-state index contributed by atoms with van der Waals surface area (Å²) in [7, 11) is 3.50. The summed E-state index contributed by atoms with van der Waals surface area (Å²) in [4.78, 5) is 25.3. The third-order valence-corrected chi connectivity index (χ3v) is 4.24. The molecule has 2 rings (SSSR count). The number of rotatable bonds is 8. The summed E-state index contributed by atoms with van der Waals surface area (Å²) in [5, 5.41) is 32.2. The van der Waals surface area contributed by atoms with Crippen molar-refractivity contribution in [3.8, 4) is 0 Å². The maximum absolute atomic E-state index is 12.4. The first-order chi connectivity index (χ1) is 11.9. The van der Waals surface area contributed by atoms with Crippen molar-refractivity contribution in [1.29, 1.82) is 0 Å². The number of carbonyl (C=O) groups is 2. The smallest absolute Gasteiger partial charge is 0.305 e. The van der Waals surface area contributed by atoms with E-state index in [0.29, 0.717) is 12.8 Å².